The van der Waals surface area contributed by atoms with Gasteiger partial charge in [-0.2, -0.15) is 5.10 Å². The third-order valence-corrected chi connectivity index (χ3v) is 8.26. The number of hydrogen-bond acceptors (Lipinski definition) is 6. The molecule has 0 aliphatic carbocycles. The third-order valence-electron chi connectivity index (χ3n) is 6.63. The van der Waals surface area contributed by atoms with E-state index in [1.165, 1.54) is 15.3 Å². The average Bonchev–Trinajstić information content (AvgIpc) is 3.47. The molecule has 1 aliphatic rings. The molecule has 176 valence electrons. The Bertz CT molecular complexity index is 1450. The lowest BCUT2D eigenvalue weighted by Crippen LogP contribution is -2.34. The molecule has 8 heteroatoms. The Morgan fingerprint density at radius 1 is 0.914 bits per heavy atom. The number of hydrogen-bond donors (Lipinski definition) is 0. The number of fused-ring (bicyclic) bond motifs is 1. The Kier molecular flexibility index (Phi) is 6.24. The molecule has 6 nitrogen and oxygen atoms in total. The molecule has 4 heterocycles. The van der Waals surface area contributed by atoms with Crippen LogP contribution in [0.15, 0.2) is 79.1 Å². The second-order valence-electron chi connectivity index (χ2n) is 8.97. The molecular formula is C27H26N6S2. The smallest absolute Gasteiger partial charge is 0.199 e. The van der Waals surface area contributed by atoms with Crippen molar-refractivity contribution in [3.05, 3.63) is 94.5 Å². The van der Waals surface area contributed by atoms with Crippen LogP contribution in [0.25, 0.3) is 21.6 Å². The molecule has 5 aromatic rings. The topological polar surface area (TPSA) is 51.8 Å². The van der Waals surface area contributed by atoms with E-state index in [0.29, 0.717) is 19.1 Å². The maximum Gasteiger partial charge on any atom is 0.199 e. The molecule has 3 aromatic heterocycles. The van der Waals surface area contributed by atoms with Crippen molar-refractivity contribution in [3.8, 4) is 11.4 Å². The van der Waals surface area contributed by atoms with Crippen molar-refractivity contribution in [2.45, 2.75) is 32.0 Å². The van der Waals surface area contributed by atoms with E-state index in [9.17, 15) is 0 Å². The number of piperidine rings is 1. The summed E-state index contributed by atoms with van der Waals surface area (Å²) >= 11 is 7.77. The lowest BCUT2D eigenvalue weighted by molar-refractivity contribution is 0.160. The maximum atomic E-state index is 5.93. The van der Waals surface area contributed by atoms with Crippen LogP contribution in [0.2, 0.25) is 0 Å². The molecule has 0 atom stereocenters. The largest absolute Gasteiger partial charge is 0.295 e. The summed E-state index contributed by atoms with van der Waals surface area (Å²) in [6.45, 7) is 3.42. The number of thiazole rings is 1. The minimum atomic E-state index is 0.527. The van der Waals surface area contributed by atoms with E-state index >= 15 is 0 Å². The van der Waals surface area contributed by atoms with E-state index in [1.54, 1.807) is 12.4 Å². The summed E-state index contributed by atoms with van der Waals surface area (Å²) in [5.41, 5.74) is 3.35. The van der Waals surface area contributed by atoms with Crippen LogP contribution in [-0.4, -0.2) is 42.3 Å². The van der Waals surface area contributed by atoms with Gasteiger partial charge in [-0.3, -0.25) is 14.5 Å². The van der Waals surface area contributed by atoms with Crippen LogP contribution in [0.3, 0.4) is 0 Å². The number of para-hydroxylation sites is 1. The Hall–Kier alpha value is -3.20. The lowest BCUT2D eigenvalue weighted by Gasteiger charge is -2.30. The number of rotatable bonds is 6. The van der Waals surface area contributed by atoms with Crippen molar-refractivity contribution in [2.75, 3.05) is 13.1 Å². The molecule has 0 saturated carbocycles. The third kappa shape index (κ3) is 4.69. The first-order chi connectivity index (χ1) is 17.2. The molecule has 0 unspecified atom stereocenters. The van der Waals surface area contributed by atoms with E-state index in [-0.39, 0.29) is 0 Å². The van der Waals surface area contributed by atoms with E-state index in [2.05, 4.69) is 63.0 Å². The van der Waals surface area contributed by atoms with Gasteiger partial charge < -0.3 is 0 Å². The highest BCUT2D eigenvalue weighted by molar-refractivity contribution is 7.71. The molecule has 0 spiro atoms. The number of aromatic nitrogens is 5. The van der Waals surface area contributed by atoms with E-state index in [0.717, 1.165) is 47.6 Å². The first-order valence-electron chi connectivity index (χ1n) is 11.9. The summed E-state index contributed by atoms with van der Waals surface area (Å²) in [5.74, 6) is 1.41. The summed E-state index contributed by atoms with van der Waals surface area (Å²) in [5, 5.41) is 6.24. The number of likely N-dealkylation sites (tertiary alicyclic amines) is 1. The van der Waals surface area contributed by atoms with Gasteiger partial charge >= 0.3 is 0 Å². The predicted molar refractivity (Wildman–Crippen MR) is 143 cm³/mol. The van der Waals surface area contributed by atoms with Crippen LogP contribution in [0, 0.1) is 4.77 Å². The van der Waals surface area contributed by atoms with Crippen LogP contribution in [0.5, 0.6) is 0 Å². The van der Waals surface area contributed by atoms with Gasteiger partial charge in [-0.1, -0.05) is 42.5 Å². The van der Waals surface area contributed by atoms with Crippen LogP contribution in [0.4, 0.5) is 0 Å². The molecule has 1 aliphatic heterocycles. The van der Waals surface area contributed by atoms with Gasteiger partial charge in [0.05, 0.1) is 28.4 Å². The Balaban J connectivity index is 1.21. The average molecular weight is 499 g/mol. The van der Waals surface area contributed by atoms with Gasteiger partial charge in [-0.25, -0.2) is 9.67 Å². The zero-order chi connectivity index (χ0) is 23.6. The zero-order valence-corrected chi connectivity index (χ0v) is 21.0. The van der Waals surface area contributed by atoms with Crippen molar-refractivity contribution in [2.24, 2.45) is 0 Å². The predicted octanol–water partition coefficient (Wildman–Crippen LogP) is 5.97. The zero-order valence-electron chi connectivity index (χ0n) is 19.3. The summed E-state index contributed by atoms with van der Waals surface area (Å²) in [7, 11) is 0. The molecule has 0 amide bonds. The van der Waals surface area contributed by atoms with Gasteiger partial charge in [0.15, 0.2) is 10.6 Å². The molecule has 6 rings (SSSR count). The molecule has 0 N–H and O–H groups in total. The normalized spacial score (nSPS) is 15.1. The fraction of sp³-hybridized carbons (Fsp3) is 0.259. The highest BCUT2D eigenvalue weighted by Gasteiger charge is 2.24. The standard InChI is InChI=1S/C27H26N6S2/c34-27-32(18-20-6-2-1-3-7-20)25(21-10-14-28-15-11-21)30-33(27)19-31-16-12-22(13-17-31)26-29-23-8-4-5-9-24(23)35-26/h1-11,14-15,22H,12-13,16-19H2. The van der Waals surface area contributed by atoms with Gasteiger partial charge in [0, 0.05) is 37.0 Å². The number of benzene rings is 2. The van der Waals surface area contributed by atoms with Gasteiger partial charge in [0.1, 0.15) is 0 Å². The summed E-state index contributed by atoms with van der Waals surface area (Å²) in [4.78, 5) is 11.5. The van der Waals surface area contributed by atoms with Crippen molar-refractivity contribution in [1.82, 2.24) is 29.2 Å². The van der Waals surface area contributed by atoms with E-state index < -0.39 is 0 Å². The molecule has 0 radical (unpaired) electrons. The first kappa shape index (κ1) is 22.3. The summed E-state index contributed by atoms with van der Waals surface area (Å²) < 4.78 is 6.14. The van der Waals surface area contributed by atoms with Crippen LogP contribution < -0.4 is 0 Å². The van der Waals surface area contributed by atoms with Gasteiger partial charge in [0.25, 0.3) is 0 Å². The molecule has 1 saturated heterocycles. The maximum absolute atomic E-state index is 5.93. The SMILES string of the molecule is S=c1n(CN2CCC(c3nc4ccccc4s3)CC2)nc(-c2ccncc2)n1Cc1ccccc1. The second kappa shape index (κ2) is 9.81. The van der Waals surface area contributed by atoms with Crippen molar-refractivity contribution < 1.29 is 0 Å². The lowest BCUT2D eigenvalue weighted by atomic mass is 9.98. The van der Waals surface area contributed by atoms with Gasteiger partial charge in [-0.05, 0) is 54.9 Å². The van der Waals surface area contributed by atoms with Crippen molar-refractivity contribution in [1.29, 1.82) is 0 Å². The van der Waals surface area contributed by atoms with Crippen molar-refractivity contribution >= 4 is 33.8 Å². The number of pyridine rings is 1. The Morgan fingerprint density at radius 3 is 2.43 bits per heavy atom. The fourth-order valence-electron chi connectivity index (χ4n) is 4.73. The van der Waals surface area contributed by atoms with Crippen LogP contribution >= 0.6 is 23.6 Å². The molecule has 0 bridgehead atoms. The van der Waals surface area contributed by atoms with Gasteiger partial charge in [-0.15, -0.1) is 11.3 Å². The summed E-state index contributed by atoms with van der Waals surface area (Å²) in [6.07, 6.45) is 5.82. The van der Waals surface area contributed by atoms with E-state index in [1.807, 2.05) is 34.2 Å². The minimum Gasteiger partial charge on any atom is -0.295 e. The van der Waals surface area contributed by atoms with Crippen LogP contribution in [-0.2, 0) is 13.2 Å². The molecular weight excluding hydrogens is 472 g/mol. The summed E-state index contributed by atoms with van der Waals surface area (Å²) in [6, 6.07) is 22.8. The molecule has 35 heavy (non-hydrogen) atoms. The second-order valence-corrected chi connectivity index (χ2v) is 10.4. The Labute approximate surface area is 213 Å². The minimum absolute atomic E-state index is 0.527. The van der Waals surface area contributed by atoms with E-state index in [4.69, 9.17) is 22.3 Å². The van der Waals surface area contributed by atoms with Crippen LogP contribution in [0.1, 0.15) is 29.3 Å². The number of nitrogens with zero attached hydrogens (tertiary/aromatic N) is 6. The quantitative estimate of drug-likeness (QED) is 0.270. The highest BCUT2D eigenvalue weighted by atomic mass is 32.1. The highest BCUT2D eigenvalue weighted by Crippen LogP contribution is 2.34. The molecule has 1 fully saturated rings. The molecule has 2 aromatic carbocycles. The Morgan fingerprint density at radius 2 is 1.66 bits per heavy atom. The van der Waals surface area contributed by atoms with Crippen molar-refractivity contribution in [3.63, 3.8) is 0 Å². The fourth-order valence-corrected chi connectivity index (χ4v) is 6.12. The van der Waals surface area contributed by atoms with Gasteiger partial charge in [0.2, 0.25) is 0 Å². The first-order valence-corrected chi connectivity index (χ1v) is 13.2. The monoisotopic (exact) mass is 498 g/mol.